The zero-order valence-corrected chi connectivity index (χ0v) is 9.75. The third-order valence-corrected chi connectivity index (χ3v) is 3.15. The van der Waals surface area contributed by atoms with Crippen molar-refractivity contribution in [3.63, 3.8) is 0 Å². The van der Waals surface area contributed by atoms with E-state index in [1.165, 1.54) is 25.8 Å². The molecule has 1 saturated heterocycles. The van der Waals surface area contributed by atoms with Crippen molar-refractivity contribution in [1.29, 1.82) is 0 Å². The van der Waals surface area contributed by atoms with Gasteiger partial charge in [-0.2, -0.15) is 0 Å². The number of rotatable bonds is 5. The van der Waals surface area contributed by atoms with Gasteiger partial charge in [0.05, 0.1) is 0 Å². The van der Waals surface area contributed by atoms with Crippen molar-refractivity contribution in [1.82, 2.24) is 4.90 Å². The van der Waals surface area contributed by atoms with Crippen LogP contribution in [0, 0.1) is 0 Å². The van der Waals surface area contributed by atoms with E-state index in [0.29, 0.717) is 11.8 Å². The van der Waals surface area contributed by atoms with E-state index in [1.807, 2.05) is 0 Å². The van der Waals surface area contributed by atoms with Gasteiger partial charge in [0, 0.05) is 18.5 Å². The Morgan fingerprint density at radius 2 is 2.21 bits per heavy atom. The van der Waals surface area contributed by atoms with Gasteiger partial charge in [-0.3, -0.25) is 4.90 Å². The first kappa shape index (κ1) is 11.7. The number of hydrogen-bond donors (Lipinski definition) is 0. The van der Waals surface area contributed by atoms with Gasteiger partial charge in [-0.05, 0) is 53.0 Å². The minimum atomic E-state index is 0.332. The minimum absolute atomic E-state index is 0.332. The van der Waals surface area contributed by atoms with Crippen molar-refractivity contribution in [3.8, 4) is 0 Å². The largest absolute Gasteiger partial charge is 0.300 e. The molecular formula is C12H23NO. The molecule has 0 aliphatic carbocycles. The zero-order valence-electron chi connectivity index (χ0n) is 9.75. The highest BCUT2D eigenvalue weighted by atomic mass is 16.1. The second-order valence-corrected chi connectivity index (χ2v) is 4.72. The van der Waals surface area contributed by atoms with Gasteiger partial charge in [0.2, 0.25) is 0 Å². The molecule has 2 nitrogen and oxygen atoms in total. The summed E-state index contributed by atoms with van der Waals surface area (Å²) in [5.74, 6) is 0.332. The Hall–Kier alpha value is -0.370. The Morgan fingerprint density at radius 1 is 1.50 bits per heavy atom. The lowest BCUT2D eigenvalue weighted by molar-refractivity contribution is -0.117. The monoisotopic (exact) mass is 197 g/mol. The second-order valence-electron chi connectivity index (χ2n) is 4.72. The predicted molar refractivity (Wildman–Crippen MR) is 59.4 cm³/mol. The van der Waals surface area contributed by atoms with E-state index < -0.39 is 0 Å². The van der Waals surface area contributed by atoms with E-state index in [1.54, 1.807) is 6.92 Å². The molecule has 1 aliphatic rings. The van der Waals surface area contributed by atoms with Crippen molar-refractivity contribution in [2.24, 2.45) is 0 Å². The van der Waals surface area contributed by atoms with E-state index >= 15 is 0 Å². The lowest BCUT2D eigenvalue weighted by Crippen LogP contribution is -2.35. The molecule has 0 radical (unpaired) electrons. The highest BCUT2D eigenvalue weighted by Crippen LogP contribution is 2.23. The van der Waals surface area contributed by atoms with Crippen LogP contribution >= 0.6 is 0 Å². The van der Waals surface area contributed by atoms with Crippen LogP contribution in [0.15, 0.2) is 0 Å². The van der Waals surface area contributed by atoms with Crippen molar-refractivity contribution in [2.45, 2.75) is 65.0 Å². The van der Waals surface area contributed by atoms with E-state index in [2.05, 4.69) is 18.7 Å². The maximum Gasteiger partial charge on any atom is 0.129 e. The van der Waals surface area contributed by atoms with E-state index in [9.17, 15) is 4.79 Å². The van der Waals surface area contributed by atoms with Gasteiger partial charge >= 0.3 is 0 Å². The summed E-state index contributed by atoms with van der Waals surface area (Å²) in [5, 5.41) is 0. The number of ketones is 1. The fraction of sp³-hybridized carbons (Fsp3) is 0.917. The first-order valence-electron chi connectivity index (χ1n) is 5.86. The van der Waals surface area contributed by atoms with E-state index in [0.717, 1.165) is 18.9 Å². The first-order chi connectivity index (χ1) is 6.61. The maximum absolute atomic E-state index is 10.8. The molecule has 0 amide bonds. The number of carbonyl (C=O) groups excluding carboxylic acids is 1. The van der Waals surface area contributed by atoms with Crippen LogP contribution in [0.5, 0.6) is 0 Å². The fourth-order valence-corrected chi connectivity index (χ4v) is 2.43. The summed E-state index contributed by atoms with van der Waals surface area (Å²) in [5.41, 5.74) is 0. The number of hydrogen-bond acceptors (Lipinski definition) is 2. The van der Waals surface area contributed by atoms with Gasteiger partial charge in [0.25, 0.3) is 0 Å². The van der Waals surface area contributed by atoms with Gasteiger partial charge in [-0.15, -0.1) is 0 Å². The Morgan fingerprint density at radius 3 is 2.79 bits per heavy atom. The van der Waals surface area contributed by atoms with Crippen LogP contribution in [0.25, 0.3) is 0 Å². The molecule has 1 atom stereocenters. The highest BCUT2D eigenvalue weighted by molar-refractivity contribution is 5.75. The summed E-state index contributed by atoms with van der Waals surface area (Å²) in [6, 6.07) is 1.41. The average Bonchev–Trinajstić information content (AvgIpc) is 2.51. The summed E-state index contributed by atoms with van der Waals surface area (Å²) < 4.78 is 0. The number of carbonyl (C=O) groups is 1. The number of nitrogens with zero attached hydrogens (tertiary/aromatic N) is 1. The number of Topliss-reactive ketones (excluding diaryl/α,β-unsaturated/α-hetero) is 1. The molecule has 1 heterocycles. The highest BCUT2D eigenvalue weighted by Gasteiger charge is 2.25. The summed E-state index contributed by atoms with van der Waals surface area (Å²) in [6.07, 6.45) is 5.71. The first-order valence-corrected chi connectivity index (χ1v) is 5.86. The molecule has 0 aromatic carbocycles. The van der Waals surface area contributed by atoms with Crippen molar-refractivity contribution in [3.05, 3.63) is 0 Å². The summed E-state index contributed by atoms with van der Waals surface area (Å²) in [7, 11) is 0. The predicted octanol–water partition coefficient (Wildman–Crippen LogP) is 2.62. The van der Waals surface area contributed by atoms with Crippen LogP contribution < -0.4 is 0 Å². The molecule has 0 N–H and O–H groups in total. The molecule has 1 rings (SSSR count). The van der Waals surface area contributed by atoms with E-state index in [4.69, 9.17) is 0 Å². The Bertz CT molecular complexity index is 189. The van der Waals surface area contributed by atoms with Crippen molar-refractivity contribution in [2.75, 3.05) is 6.54 Å². The molecule has 0 bridgehead atoms. The zero-order chi connectivity index (χ0) is 10.6. The quantitative estimate of drug-likeness (QED) is 0.675. The molecule has 1 aliphatic heterocycles. The SMILES string of the molecule is CC(=O)CCC[C@@H]1CCCN1C(C)C. The van der Waals surface area contributed by atoms with Crippen LogP contribution in [-0.4, -0.2) is 29.3 Å². The van der Waals surface area contributed by atoms with Gasteiger partial charge in [0.1, 0.15) is 5.78 Å². The molecule has 14 heavy (non-hydrogen) atoms. The molecule has 0 spiro atoms. The molecule has 0 aromatic rings. The van der Waals surface area contributed by atoms with Gasteiger partial charge in [-0.1, -0.05) is 0 Å². The third kappa shape index (κ3) is 3.41. The van der Waals surface area contributed by atoms with Crippen LogP contribution in [0.2, 0.25) is 0 Å². The normalized spacial score (nSPS) is 23.3. The van der Waals surface area contributed by atoms with Crippen LogP contribution in [0.4, 0.5) is 0 Å². The van der Waals surface area contributed by atoms with Gasteiger partial charge in [0.15, 0.2) is 0 Å². The average molecular weight is 197 g/mol. The summed E-state index contributed by atoms with van der Waals surface area (Å²) in [6.45, 7) is 7.48. The molecule has 0 unspecified atom stereocenters. The third-order valence-electron chi connectivity index (χ3n) is 3.15. The minimum Gasteiger partial charge on any atom is -0.300 e. The Kier molecular flexibility index (Phi) is 4.59. The van der Waals surface area contributed by atoms with Gasteiger partial charge in [-0.25, -0.2) is 0 Å². The number of likely N-dealkylation sites (tertiary alicyclic amines) is 1. The van der Waals surface area contributed by atoms with Crippen LogP contribution in [0.1, 0.15) is 52.9 Å². The Labute approximate surface area is 87.7 Å². The van der Waals surface area contributed by atoms with Crippen LogP contribution in [-0.2, 0) is 4.79 Å². The lowest BCUT2D eigenvalue weighted by Gasteiger charge is -2.28. The molecule has 0 saturated carbocycles. The lowest BCUT2D eigenvalue weighted by atomic mass is 10.1. The smallest absolute Gasteiger partial charge is 0.129 e. The fourth-order valence-electron chi connectivity index (χ4n) is 2.43. The maximum atomic E-state index is 10.8. The standard InChI is InChI=1S/C12H23NO/c1-10(2)13-9-5-8-12(13)7-4-6-11(3)14/h10,12H,4-9H2,1-3H3/t12-/m1/s1. The molecular weight excluding hydrogens is 174 g/mol. The Balaban J connectivity index is 2.25. The molecule has 0 aromatic heterocycles. The van der Waals surface area contributed by atoms with E-state index in [-0.39, 0.29) is 0 Å². The van der Waals surface area contributed by atoms with Crippen molar-refractivity contribution >= 4 is 5.78 Å². The molecule has 82 valence electrons. The molecule has 2 heteroatoms. The summed E-state index contributed by atoms with van der Waals surface area (Å²) >= 11 is 0. The summed E-state index contributed by atoms with van der Waals surface area (Å²) in [4.78, 5) is 13.4. The van der Waals surface area contributed by atoms with Crippen LogP contribution in [0.3, 0.4) is 0 Å². The second kappa shape index (κ2) is 5.50. The van der Waals surface area contributed by atoms with Gasteiger partial charge < -0.3 is 4.79 Å². The topological polar surface area (TPSA) is 20.3 Å². The molecule has 1 fully saturated rings. The van der Waals surface area contributed by atoms with Crippen molar-refractivity contribution < 1.29 is 4.79 Å².